The molecule has 21 heteroatoms. The Bertz CT molecular complexity index is 2660. The predicted molar refractivity (Wildman–Crippen MR) is 336 cm³/mol. The van der Waals surface area contributed by atoms with E-state index < -0.39 is 95.5 Å². The Morgan fingerprint density at radius 1 is 0.682 bits per heavy atom. The standard InChI is InChI=1S/C33H51NO9.C33H49NO9.CH5P/c2*1-20(18-35)17-33(7,38-10)28(22(3)27-23(4)29(36)43-32(5,6)42-27)41-31-21(2)26(34(8)9)16-25(40-31)19-39-30(37)24-14-12-11-13-15-24;1-2/h11-15,20-22,25-26,28,31,35H,16-19H2,1-10H3;11-15,18,20-22,25-26,28,31H,16-17,19H2,1-10H3;2H2,1H3/t2*20-,21?,22+,25?,26?,28-,31+,33-;/m11./s1/i;;1D. The molecule has 4 heterocycles. The zero-order valence-corrected chi connectivity index (χ0v) is 57.1. The van der Waals surface area contributed by atoms with Crippen LogP contribution >= 0.6 is 9.24 Å². The minimum atomic E-state index is -1.16. The molecule has 0 radical (unpaired) electrons. The molecule has 2 aromatic carbocycles. The highest BCUT2D eigenvalue weighted by Crippen LogP contribution is 2.44. The third-order valence-corrected chi connectivity index (χ3v) is 17.1. The minimum absolute atomic E-state index is 0.0223. The predicted octanol–water partition coefficient (Wildman–Crippen LogP) is 9.80. The highest BCUT2D eigenvalue weighted by Gasteiger charge is 2.51. The smallest absolute Gasteiger partial charge is 0.340 e. The van der Waals surface area contributed by atoms with Crippen LogP contribution in [0.2, 0.25) is 0 Å². The number of hydrogen-bond acceptors (Lipinski definition) is 20. The molecule has 17 atom stereocenters. The number of ether oxygens (including phenoxy) is 12. The molecular formula is C67H105N2O18P. The van der Waals surface area contributed by atoms with E-state index in [1.54, 1.807) is 104 Å². The van der Waals surface area contributed by atoms with Crippen molar-refractivity contribution in [1.82, 2.24) is 9.80 Å². The summed E-state index contributed by atoms with van der Waals surface area (Å²) in [4.78, 5) is 66.9. The molecule has 0 bridgehead atoms. The summed E-state index contributed by atoms with van der Waals surface area (Å²) in [7, 11) is 13.5. The summed E-state index contributed by atoms with van der Waals surface area (Å²) in [6.07, 6.45) is -0.614. The number of hydrogen-bond donors (Lipinski definition) is 1. The van der Waals surface area contributed by atoms with Crippen LogP contribution in [0.3, 0.4) is 0 Å². The van der Waals surface area contributed by atoms with Crippen LogP contribution in [0.25, 0.3) is 0 Å². The van der Waals surface area contributed by atoms with Crippen LogP contribution in [0.5, 0.6) is 0 Å². The van der Waals surface area contributed by atoms with Gasteiger partial charge in [0.15, 0.2) is 12.6 Å². The van der Waals surface area contributed by atoms with E-state index in [2.05, 4.69) is 32.9 Å². The number of carbonyl (C=O) groups is 5. The van der Waals surface area contributed by atoms with Gasteiger partial charge in [0.2, 0.25) is 11.6 Å². The Labute approximate surface area is 527 Å². The van der Waals surface area contributed by atoms with Crippen LogP contribution in [0, 0.1) is 35.5 Å². The summed E-state index contributed by atoms with van der Waals surface area (Å²) >= 11 is 0. The summed E-state index contributed by atoms with van der Waals surface area (Å²) in [5, 5.41) is 9.93. The van der Waals surface area contributed by atoms with Gasteiger partial charge in [-0.25, -0.2) is 19.2 Å². The topological polar surface area (TPSA) is 223 Å². The third-order valence-electron chi connectivity index (χ3n) is 17.1. The number of aliphatic hydroxyl groups excluding tert-OH is 1. The van der Waals surface area contributed by atoms with Crippen molar-refractivity contribution < 1.29 is 87.3 Å². The third kappa shape index (κ3) is 20.1. The van der Waals surface area contributed by atoms with Crippen molar-refractivity contribution in [2.75, 3.05) is 68.9 Å². The molecule has 1 N–H and O–H groups in total. The lowest BCUT2D eigenvalue weighted by molar-refractivity contribution is -0.290. The Hall–Kier alpha value is -4.86. The summed E-state index contributed by atoms with van der Waals surface area (Å²) in [5.74, 6) is -4.65. The fraction of sp³-hybridized carbons (Fsp3) is 0.687. The zero-order chi connectivity index (χ0) is 66.9. The van der Waals surface area contributed by atoms with Crippen molar-refractivity contribution in [3.05, 3.63) is 94.5 Å². The second kappa shape index (κ2) is 33.5. The van der Waals surface area contributed by atoms with Crippen LogP contribution < -0.4 is 0 Å². The van der Waals surface area contributed by atoms with Gasteiger partial charge in [-0.2, -0.15) is 0 Å². The van der Waals surface area contributed by atoms with Gasteiger partial charge in [0, 0.05) is 91.6 Å². The first-order chi connectivity index (χ1) is 41.7. The first-order valence-corrected chi connectivity index (χ1v) is 31.3. The highest BCUT2D eigenvalue weighted by atomic mass is 31.0. The number of aldehydes is 1. The molecule has 0 aliphatic carbocycles. The first kappa shape index (κ1) is 73.9. The number of esters is 4. The fourth-order valence-electron chi connectivity index (χ4n) is 12.2. The first-order valence-electron chi connectivity index (χ1n) is 31.2. The average molecular weight is 1260 g/mol. The second-order valence-electron chi connectivity index (χ2n) is 25.7. The maximum atomic E-state index is 12.8. The molecule has 0 aromatic heterocycles. The lowest BCUT2D eigenvalue weighted by atomic mass is 9.80. The maximum absolute atomic E-state index is 12.8. The molecule has 496 valence electrons. The van der Waals surface area contributed by atoms with Gasteiger partial charge in [0.25, 0.3) is 0 Å². The lowest BCUT2D eigenvalue weighted by Crippen LogP contribution is -2.56. The molecule has 4 aliphatic rings. The molecule has 0 saturated carbocycles. The number of aliphatic hydroxyl groups is 1. The van der Waals surface area contributed by atoms with Gasteiger partial charge in [0.1, 0.15) is 31.0 Å². The number of carbonyl (C=O) groups excluding carboxylic acids is 5. The van der Waals surface area contributed by atoms with Gasteiger partial charge in [-0.3, -0.25) is 0 Å². The van der Waals surface area contributed by atoms with Crippen LogP contribution in [-0.4, -0.2) is 186 Å². The Morgan fingerprint density at radius 3 is 1.35 bits per heavy atom. The molecule has 4 aliphatic heterocycles. The largest absolute Gasteiger partial charge is 0.459 e. The number of rotatable bonds is 26. The molecular weight excluding hydrogens is 1150 g/mol. The zero-order valence-electron chi connectivity index (χ0n) is 56.9. The van der Waals surface area contributed by atoms with Gasteiger partial charge in [-0.1, -0.05) is 84.6 Å². The van der Waals surface area contributed by atoms with Crippen LogP contribution in [0.1, 0.15) is 145 Å². The minimum Gasteiger partial charge on any atom is -0.459 e. The van der Waals surface area contributed by atoms with E-state index in [1.807, 2.05) is 81.9 Å². The normalized spacial score (nSPS) is 27.0. The van der Waals surface area contributed by atoms with Gasteiger partial charge in [-0.15, -0.1) is 9.24 Å². The van der Waals surface area contributed by atoms with Gasteiger partial charge < -0.3 is 76.5 Å². The Morgan fingerprint density at radius 2 is 1.03 bits per heavy atom. The second-order valence-corrected chi connectivity index (χ2v) is 25.7. The van der Waals surface area contributed by atoms with E-state index in [1.165, 1.54) is 0 Å². The van der Waals surface area contributed by atoms with Gasteiger partial charge >= 0.3 is 23.9 Å². The molecule has 6 rings (SSSR count). The quantitative estimate of drug-likeness (QED) is 0.0400. The van der Waals surface area contributed by atoms with Crippen molar-refractivity contribution in [2.45, 2.75) is 194 Å². The van der Waals surface area contributed by atoms with Crippen LogP contribution in [-0.2, 0) is 71.2 Å². The SMILES string of the molecule is CO[C@](C)(C[C@@H](C)C=O)[C@H](O[C@@H]1OC(COC(=O)c2ccccc2)CC(N(C)C)C1C)[C@@H](C)C1=C(C)C(=O)OC(C)(C)O1.CO[C@](C)(C[C@@H](C)CO)[C@H](O[C@@H]1OC(COC(=O)c2ccccc2)CC(N(C)C)C1C)[C@@H](C)C1=C(C)C(=O)OC(C)(C)O1.[2H]CP. The highest BCUT2D eigenvalue weighted by molar-refractivity contribution is 7.15. The van der Waals surface area contributed by atoms with E-state index in [4.69, 9.17) is 58.2 Å². The maximum Gasteiger partial charge on any atom is 0.340 e. The summed E-state index contributed by atoms with van der Waals surface area (Å²) < 4.78 is 79.8. The number of methoxy groups -OCH3 is 2. The monoisotopic (exact) mass is 1260 g/mol. The van der Waals surface area contributed by atoms with Crippen molar-refractivity contribution in [2.24, 2.45) is 35.5 Å². The lowest BCUT2D eigenvalue weighted by Gasteiger charge is -2.48. The van der Waals surface area contributed by atoms with E-state index in [0.717, 1.165) is 6.29 Å². The number of nitrogens with zero attached hydrogens (tertiary/aromatic N) is 2. The van der Waals surface area contributed by atoms with E-state index in [-0.39, 0.29) is 55.6 Å². The van der Waals surface area contributed by atoms with E-state index >= 15 is 0 Å². The van der Waals surface area contributed by atoms with E-state index in [0.29, 0.717) is 66.1 Å². The molecule has 88 heavy (non-hydrogen) atoms. The fourth-order valence-corrected chi connectivity index (χ4v) is 12.2. The van der Waals surface area contributed by atoms with Crippen molar-refractivity contribution in [3.63, 3.8) is 0 Å². The molecule has 0 amide bonds. The summed E-state index contributed by atoms with van der Waals surface area (Å²) in [6.45, 7) is 26.2. The van der Waals surface area contributed by atoms with Crippen LogP contribution in [0.15, 0.2) is 83.3 Å². The van der Waals surface area contributed by atoms with Crippen molar-refractivity contribution in [3.8, 4) is 0 Å². The number of cyclic esters (lactones) is 2. The molecule has 2 saturated heterocycles. The molecule has 0 spiro atoms. The molecule has 2 aromatic rings. The van der Waals surface area contributed by atoms with Crippen LogP contribution in [0.4, 0.5) is 0 Å². The van der Waals surface area contributed by atoms with Gasteiger partial charge in [0.05, 0.1) is 57.9 Å². The Balaban J connectivity index is 0.000000364. The summed E-state index contributed by atoms with van der Waals surface area (Å²) in [6, 6.07) is 17.8. The summed E-state index contributed by atoms with van der Waals surface area (Å²) in [5.41, 5.74) is -0.210. The average Bonchev–Trinajstić information content (AvgIpc) is 1.27. The van der Waals surface area contributed by atoms with E-state index in [9.17, 15) is 29.1 Å². The van der Waals surface area contributed by atoms with Crippen molar-refractivity contribution >= 4 is 39.4 Å². The molecule has 2 fully saturated rings. The Kier molecular flexibility index (Phi) is 28.1. The van der Waals surface area contributed by atoms with Crippen molar-refractivity contribution in [1.29, 1.82) is 0 Å². The molecule has 7 unspecified atom stereocenters. The number of benzene rings is 2. The van der Waals surface area contributed by atoms with Gasteiger partial charge in [-0.05, 0) is 112 Å². The molecule has 20 nitrogen and oxygen atoms in total.